The fourth-order valence-corrected chi connectivity index (χ4v) is 2.39. The molecule has 0 bridgehead atoms. The highest BCUT2D eigenvalue weighted by Gasteiger charge is 2.17. The van der Waals surface area contributed by atoms with Gasteiger partial charge in [0.15, 0.2) is 0 Å². The normalized spacial score (nSPS) is 25.5. The predicted octanol–water partition coefficient (Wildman–Crippen LogP) is 4.53. The van der Waals surface area contributed by atoms with Crippen molar-refractivity contribution in [2.75, 3.05) is 0 Å². The van der Waals surface area contributed by atoms with Gasteiger partial charge in [0.05, 0.1) is 0 Å². The lowest BCUT2D eigenvalue weighted by Crippen LogP contribution is -2.11. The highest BCUT2D eigenvalue weighted by atomic mass is 35.5. The molecule has 0 saturated heterocycles. The molecule has 2 unspecified atom stereocenters. The van der Waals surface area contributed by atoms with Crippen LogP contribution in [0, 0.1) is 5.92 Å². The molecule has 1 aliphatic carbocycles. The van der Waals surface area contributed by atoms with E-state index in [4.69, 9.17) is 11.6 Å². The predicted molar refractivity (Wildman–Crippen MR) is 60.3 cm³/mol. The van der Waals surface area contributed by atoms with Crippen molar-refractivity contribution >= 4 is 11.6 Å². The minimum Gasteiger partial charge on any atom is -0.123 e. The Morgan fingerprint density at radius 2 is 2.31 bits per heavy atom. The fraction of sp³-hybridized carbons (Fsp3) is 0.833. The van der Waals surface area contributed by atoms with E-state index < -0.39 is 0 Å². The zero-order chi connectivity index (χ0) is 9.68. The van der Waals surface area contributed by atoms with Gasteiger partial charge in [-0.05, 0) is 38.0 Å². The van der Waals surface area contributed by atoms with Gasteiger partial charge in [-0.3, -0.25) is 0 Å². The molecule has 2 atom stereocenters. The minimum atomic E-state index is 0.405. The van der Waals surface area contributed by atoms with E-state index in [1.807, 2.05) is 0 Å². The van der Waals surface area contributed by atoms with Crippen LogP contribution in [-0.4, -0.2) is 5.38 Å². The summed E-state index contributed by atoms with van der Waals surface area (Å²) in [6.07, 6.45) is 9.88. The molecule has 0 aromatic heterocycles. The first-order chi connectivity index (χ1) is 6.27. The first-order valence-electron chi connectivity index (χ1n) is 5.60. The maximum Gasteiger partial charge on any atom is 0.0373 e. The smallest absolute Gasteiger partial charge is 0.0373 e. The summed E-state index contributed by atoms with van der Waals surface area (Å²) < 4.78 is 0. The summed E-state index contributed by atoms with van der Waals surface area (Å²) in [4.78, 5) is 0. The first kappa shape index (κ1) is 11.1. The Hall–Kier alpha value is 0.0300. The SMILES string of the molecule is CCCC(CC)C1=CCC(Cl)CC1. The van der Waals surface area contributed by atoms with Crippen LogP contribution in [0.25, 0.3) is 0 Å². The lowest BCUT2D eigenvalue weighted by molar-refractivity contribution is 0.496. The highest BCUT2D eigenvalue weighted by Crippen LogP contribution is 2.31. The summed E-state index contributed by atoms with van der Waals surface area (Å²) in [7, 11) is 0. The Morgan fingerprint density at radius 1 is 1.54 bits per heavy atom. The van der Waals surface area contributed by atoms with E-state index in [-0.39, 0.29) is 0 Å². The van der Waals surface area contributed by atoms with Crippen molar-refractivity contribution in [2.24, 2.45) is 5.92 Å². The molecule has 0 aromatic carbocycles. The van der Waals surface area contributed by atoms with Gasteiger partial charge < -0.3 is 0 Å². The summed E-state index contributed by atoms with van der Waals surface area (Å²) in [5, 5.41) is 0.405. The van der Waals surface area contributed by atoms with Crippen molar-refractivity contribution in [1.29, 1.82) is 0 Å². The van der Waals surface area contributed by atoms with Crippen LogP contribution < -0.4 is 0 Å². The monoisotopic (exact) mass is 200 g/mol. The molecule has 0 N–H and O–H groups in total. The summed E-state index contributed by atoms with van der Waals surface area (Å²) in [5.41, 5.74) is 1.68. The van der Waals surface area contributed by atoms with Crippen molar-refractivity contribution in [3.63, 3.8) is 0 Å². The molecule has 0 nitrogen and oxygen atoms in total. The van der Waals surface area contributed by atoms with E-state index in [9.17, 15) is 0 Å². The molecule has 0 amide bonds. The zero-order valence-electron chi connectivity index (χ0n) is 8.85. The molecule has 1 aliphatic rings. The second kappa shape index (κ2) is 5.70. The van der Waals surface area contributed by atoms with Crippen molar-refractivity contribution in [3.05, 3.63) is 11.6 Å². The molecule has 0 aromatic rings. The Kier molecular flexibility index (Phi) is 4.87. The van der Waals surface area contributed by atoms with Crippen molar-refractivity contribution in [3.8, 4) is 0 Å². The topological polar surface area (TPSA) is 0 Å². The molecule has 1 rings (SSSR count). The van der Waals surface area contributed by atoms with Crippen molar-refractivity contribution in [1.82, 2.24) is 0 Å². The lowest BCUT2D eigenvalue weighted by atomic mass is 9.85. The first-order valence-corrected chi connectivity index (χ1v) is 6.04. The van der Waals surface area contributed by atoms with Gasteiger partial charge in [-0.1, -0.05) is 31.9 Å². The molecular weight excluding hydrogens is 180 g/mol. The Labute approximate surface area is 87.4 Å². The highest BCUT2D eigenvalue weighted by molar-refractivity contribution is 6.20. The largest absolute Gasteiger partial charge is 0.123 e. The Balaban J connectivity index is 2.48. The molecule has 76 valence electrons. The molecule has 13 heavy (non-hydrogen) atoms. The van der Waals surface area contributed by atoms with Crippen molar-refractivity contribution < 1.29 is 0 Å². The van der Waals surface area contributed by atoms with Gasteiger partial charge in [0.2, 0.25) is 0 Å². The number of halogens is 1. The third-order valence-corrected chi connectivity index (χ3v) is 3.43. The summed E-state index contributed by atoms with van der Waals surface area (Å²) in [6, 6.07) is 0. The van der Waals surface area contributed by atoms with Crippen LogP contribution in [0.5, 0.6) is 0 Å². The third kappa shape index (κ3) is 3.34. The van der Waals surface area contributed by atoms with Crippen LogP contribution in [0.2, 0.25) is 0 Å². The molecule has 0 saturated carbocycles. The Bertz CT molecular complexity index is 172. The quantitative estimate of drug-likeness (QED) is 0.462. The van der Waals surface area contributed by atoms with E-state index in [1.54, 1.807) is 5.57 Å². The molecule has 0 heterocycles. The number of rotatable bonds is 4. The number of allylic oxidation sites excluding steroid dienone is 2. The number of hydrogen-bond acceptors (Lipinski definition) is 0. The van der Waals surface area contributed by atoms with E-state index >= 15 is 0 Å². The van der Waals surface area contributed by atoms with Gasteiger partial charge in [-0.2, -0.15) is 0 Å². The maximum absolute atomic E-state index is 6.06. The van der Waals surface area contributed by atoms with Gasteiger partial charge in [0, 0.05) is 5.38 Å². The molecule has 1 heteroatoms. The van der Waals surface area contributed by atoms with E-state index in [2.05, 4.69) is 19.9 Å². The Morgan fingerprint density at radius 3 is 2.77 bits per heavy atom. The van der Waals surface area contributed by atoms with Crippen LogP contribution in [-0.2, 0) is 0 Å². The van der Waals surface area contributed by atoms with Crippen LogP contribution in [0.3, 0.4) is 0 Å². The molecule has 0 aliphatic heterocycles. The molecule has 0 spiro atoms. The zero-order valence-corrected chi connectivity index (χ0v) is 9.61. The summed E-state index contributed by atoms with van der Waals surface area (Å²) in [5.74, 6) is 0.842. The molecule has 0 radical (unpaired) electrons. The standard InChI is InChI=1S/C12H21Cl/c1-3-5-10(4-2)11-6-8-12(13)9-7-11/h6,10,12H,3-5,7-9H2,1-2H3. The number of hydrogen-bond donors (Lipinski definition) is 0. The fourth-order valence-electron chi connectivity index (χ4n) is 2.19. The molecule has 0 fully saturated rings. The summed E-state index contributed by atoms with van der Waals surface area (Å²) in [6.45, 7) is 4.57. The van der Waals surface area contributed by atoms with E-state index in [1.165, 1.54) is 32.1 Å². The van der Waals surface area contributed by atoms with Crippen LogP contribution in [0.15, 0.2) is 11.6 Å². The van der Waals surface area contributed by atoms with E-state index in [0.717, 1.165) is 12.3 Å². The van der Waals surface area contributed by atoms with Gasteiger partial charge in [-0.15, -0.1) is 11.6 Å². The van der Waals surface area contributed by atoms with E-state index in [0.29, 0.717) is 5.38 Å². The summed E-state index contributed by atoms with van der Waals surface area (Å²) >= 11 is 6.06. The van der Waals surface area contributed by atoms with Gasteiger partial charge in [-0.25, -0.2) is 0 Å². The van der Waals surface area contributed by atoms with Crippen molar-refractivity contribution in [2.45, 2.75) is 57.7 Å². The third-order valence-electron chi connectivity index (χ3n) is 3.04. The second-order valence-corrected chi connectivity index (χ2v) is 4.66. The number of alkyl halides is 1. The molecular formula is C12H21Cl. The average molecular weight is 201 g/mol. The van der Waals surface area contributed by atoms with Gasteiger partial charge in [0.1, 0.15) is 0 Å². The van der Waals surface area contributed by atoms with Crippen LogP contribution in [0.1, 0.15) is 52.4 Å². The van der Waals surface area contributed by atoms with Gasteiger partial charge >= 0.3 is 0 Å². The van der Waals surface area contributed by atoms with Crippen LogP contribution in [0.4, 0.5) is 0 Å². The second-order valence-electron chi connectivity index (χ2n) is 4.04. The minimum absolute atomic E-state index is 0.405. The average Bonchev–Trinajstić information content (AvgIpc) is 2.16. The van der Waals surface area contributed by atoms with Crippen LogP contribution >= 0.6 is 11.6 Å². The lowest BCUT2D eigenvalue weighted by Gasteiger charge is -2.23. The maximum atomic E-state index is 6.06. The van der Waals surface area contributed by atoms with Gasteiger partial charge in [0.25, 0.3) is 0 Å².